The third kappa shape index (κ3) is 2.93. The Labute approximate surface area is 109 Å². The van der Waals surface area contributed by atoms with E-state index in [4.69, 9.17) is 16.3 Å². The summed E-state index contributed by atoms with van der Waals surface area (Å²) in [4.78, 5) is 2.49. The number of rotatable bonds is 1. The van der Waals surface area contributed by atoms with Crippen molar-refractivity contribution in [2.45, 2.75) is 38.6 Å². The Morgan fingerprint density at radius 3 is 2.41 bits per heavy atom. The highest BCUT2D eigenvalue weighted by Crippen LogP contribution is 2.45. The maximum Gasteiger partial charge on any atom is 0.149 e. The molecule has 1 saturated heterocycles. The Morgan fingerprint density at radius 1 is 1.35 bits per heavy atom. The molecule has 3 heteroatoms. The predicted octanol–water partition coefficient (Wildman–Crippen LogP) is 4.33. The Hall–Kier alpha value is -0.730. The van der Waals surface area contributed by atoms with Crippen LogP contribution in [0, 0.1) is 0 Å². The van der Waals surface area contributed by atoms with Crippen LogP contribution in [0.5, 0.6) is 11.5 Å². The molecule has 1 fully saturated rings. The van der Waals surface area contributed by atoms with Crippen LogP contribution in [0.4, 0.5) is 0 Å². The van der Waals surface area contributed by atoms with Gasteiger partial charge in [-0.3, -0.25) is 0 Å². The van der Waals surface area contributed by atoms with Crippen molar-refractivity contribution in [1.82, 2.24) is 4.90 Å². The standard InChI is InChI=1S/C8H17N.C6H3ClO/c1-3-8-6-4-5-7-9(8)2;7-6-4-2-1-3-5(6)8-4/h8H,3-7H2,1-2H3;1-3H. The summed E-state index contributed by atoms with van der Waals surface area (Å²) < 4.78 is 5.01. The fraction of sp³-hybridized carbons (Fsp3) is 0.571. The maximum atomic E-state index is 5.65. The van der Waals surface area contributed by atoms with Crippen LogP contribution in [-0.2, 0) is 0 Å². The number of ether oxygens (including phenoxy) is 1. The third-order valence-corrected chi connectivity index (χ3v) is 3.91. The monoisotopic (exact) mass is 253 g/mol. The number of likely N-dealkylation sites (tertiary alicyclic amines) is 1. The molecule has 1 aromatic carbocycles. The van der Waals surface area contributed by atoms with Gasteiger partial charge in [-0.2, -0.15) is 0 Å². The Bertz CT molecular complexity index is 360. The molecule has 1 atom stereocenters. The number of hydrogen-bond acceptors (Lipinski definition) is 2. The fourth-order valence-electron chi connectivity index (χ4n) is 2.38. The normalized spacial score (nSPS) is 21.9. The molecule has 3 aliphatic rings. The molecule has 1 aromatic rings. The Balaban J connectivity index is 0.000000127. The summed E-state index contributed by atoms with van der Waals surface area (Å²) in [6.07, 6.45) is 5.61. The fourth-order valence-corrected chi connectivity index (χ4v) is 2.58. The van der Waals surface area contributed by atoms with Gasteiger partial charge in [0.15, 0.2) is 0 Å². The molecule has 0 aliphatic carbocycles. The van der Waals surface area contributed by atoms with Crippen molar-refractivity contribution in [2.24, 2.45) is 0 Å². The molecular weight excluding hydrogens is 234 g/mol. The van der Waals surface area contributed by atoms with Crippen molar-refractivity contribution in [3.05, 3.63) is 23.2 Å². The second kappa shape index (κ2) is 5.74. The van der Waals surface area contributed by atoms with Crippen molar-refractivity contribution in [3.8, 4) is 11.5 Å². The van der Waals surface area contributed by atoms with Gasteiger partial charge in [-0.05, 0) is 45.0 Å². The van der Waals surface area contributed by atoms with Crippen LogP contribution in [0.25, 0.3) is 0 Å². The first-order valence-corrected chi connectivity index (χ1v) is 6.76. The van der Waals surface area contributed by atoms with E-state index >= 15 is 0 Å². The highest BCUT2D eigenvalue weighted by molar-refractivity contribution is 6.34. The molecule has 0 radical (unpaired) electrons. The minimum Gasteiger partial charge on any atom is -0.454 e. The van der Waals surface area contributed by atoms with E-state index in [0.717, 1.165) is 22.6 Å². The number of piperidine rings is 1. The highest BCUT2D eigenvalue weighted by atomic mass is 35.5. The molecule has 17 heavy (non-hydrogen) atoms. The van der Waals surface area contributed by atoms with Crippen molar-refractivity contribution in [3.63, 3.8) is 0 Å². The van der Waals surface area contributed by atoms with Crippen LogP contribution >= 0.6 is 11.6 Å². The lowest BCUT2D eigenvalue weighted by Gasteiger charge is -2.31. The van der Waals surface area contributed by atoms with Crippen molar-refractivity contribution in [1.29, 1.82) is 0 Å². The average molecular weight is 254 g/mol. The quantitative estimate of drug-likeness (QED) is 0.750. The summed E-state index contributed by atoms with van der Waals surface area (Å²) in [5.41, 5.74) is 0. The van der Waals surface area contributed by atoms with Crippen LogP contribution in [0.2, 0.25) is 5.02 Å². The summed E-state index contributed by atoms with van der Waals surface area (Å²) >= 11 is 5.65. The smallest absolute Gasteiger partial charge is 0.149 e. The number of fused-ring (bicyclic) bond motifs is 2. The minimum atomic E-state index is 0.757. The molecule has 4 rings (SSSR count). The molecule has 2 bridgehead atoms. The molecular formula is C14H20ClNO. The SMILES string of the molecule is CCC1CCCCN1C.Clc1c2cccc1O2. The van der Waals surface area contributed by atoms with Crippen LogP contribution in [0.3, 0.4) is 0 Å². The molecule has 94 valence electrons. The van der Waals surface area contributed by atoms with Crippen LogP contribution in [0.15, 0.2) is 18.2 Å². The Kier molecular flexibility index (Phi) is 4.30. The topological polar surface area (TPSA) is 12.5 Å². The van der Waals surface area contributed by atoms with Gasteiger partial charge in [0, 0.05) is 6.04 Å². The van der Waals surface area contributed by atoms with Crippen LogP contribution in [0.1, 0.15) is 32.6 Å². The van der Waals surface area contributed by atoms with E-state index in [-0.39, 0.29) is 0 Å². The second-order valence-corrected chi connectivity index (χ2v) is 5.09. The maximum absolute atomic E-state index is 5.65. The zero-order valence-electron chi connectivity index (χ0n) is 10.6. The van der Waals surface area contributed by atoms with E-state index in [0.29, 0.717) is 0 Å². The molecule has 3 aliphatic heterocycles. The van der Waals surface area contributed by atoms with Crippen molar-refractivity contribution < 1.29 is 4.74 Å². The number of halogens is 1. The lowest BCUT2D eigenvalue weighted by molar-refractivity contribution is 0.181. The summed E-state index contributed by atoms with van der Waals surface area (Å²) in [5.74, 6) is 1.59. The zero-order valence-corrected chi connectivity index (χ0v) is 11.3. The van der Waals surface area contributed by atoms with Gasteiger partial charge < -0.3 is 9.64 Å². The van der Waals surface area contributed by atoms with Gasteiger partial charge in [0.05, 0.1) is 0 Å². The lowest BCUT2D eigenvalue weighted by Crippen LogP contribution is -2.35. The molecule has 0 aromatic heterocycles. The summed E-state index contributed by atoms with van der Waals surface area (Å²) in [7, 11) is 2.24. The van der Waals surface area contributed by atoms with Gasteiger partial charge in [0.2, 0.25) is 0 Å². The largest absolute Gasteiger partial charge is 0.454 e. The van der Waals surface area contributed by atoms with Crippen molar-refractivity contribution in [2.75, 3.05) is 13.6 Å². The summed E-state index contributed by atoms with van der Waals surface area (Å²) in [6, 6.07) is 6.49. The average Bonchev–Trinajstić information content (AvgIpc) is 2.40. The molecule has 0 spiro atoms. The summed E-state index contributed by atoms with van der Waals surface area (Å²) in [5, 5.41) is 0.757. The molecule has 0 N–H and O–H groups in total. The van der Waals surface area contributed by atoms with E-state index in [2.05, 4.69) is 18.9 Å². The first kappa shape index (κ1) is 12.7. The van der Waals surface area contributed by atoms with Gasteiger partial charge in [-0.15, -0.1) is 0 Å². The van der Waals surface area contributed by atoms with Crippen LogP contribution in [-0.4, -0.2) is 24.5 Å². The molecule has 3 heterocycles. The third-order valence-electron chi connectivity index (χ3n) is 3.54. The second-order valence-electron chi connectivity index (χ2n) is 4.71. The molecule has 0 amide bonds. The van der Waals surface area contributed by atoms with Gasteiger partial charge in [-0.25, -0.2) is 0 Å². The molecule has 0 saturated carbocycles. The Morgan fingerprint density at radius 2 is 2.06 bits per heavy atom. The van der Waals surface area contributed by atoms with E-state index in [1.54, 1.807) is 0 Å². The molecule has 1 unspecified atom stereocenters. The van der Waals surface area contributed by atoms with Crippen molar-refractivity contribution >= 4 is 11.6 Å². The van der Waals surface area contributed by atoms with Gasteiger partial charge in [0.25, 0.3) is 0 Å². The van der Waals surface area contributed by atoms with Gasteiger partial charge in [0.1, 0.15) is 16.5 Å². The minimum absolute atomic E-state index is 0.757. The highest BCUT2D eigenvalue weighted by Gasteiger charge is 2.17. The molecule has 2 nitrogen and oxygen atoms in total. The predicted molar refractivity (Wildman–Crippen MR) is 72.1 cm³/mol. The first-order valence-electron chi connectivity index (χ1n) is 6.39. The zero-order chi connectivity index (χ0) is 12.3. The lowest BCUT2D eigenvalue weighted by atomic mass is 10.0. The van der Waals surface area contributed by atoms with Crippen LogP contribution < -0.4 is 4.74 Å². The summed E-state index contributed by atoms with van der Waals surface area (Å²) in [6.45, 7) is 3.60. The van der Waals surface area contributed by atoms with E-state index in [1.165, 1.54) is 32.2 Å². The van der Waals surface area contributed by atoms with E-state index in [9.17, 15) is 0 Å². The number of hydrogen-bond donors (Lipinski definition) is 0. The van der Waals surface area contributed by atoms with Gasteiger partial charge in [-0.1, -0.05) is 31.0 Å². The van der Waals surface area contributed by atoms with Gasteiger partial charge >= 0.3 is 0 Å². The number of nitrogens with zero attached hydrogens (tertiary/aromatic N) is 1. The first-order chi connectivity index (χ1) is 8.22. The van der Waals surface area contributed by atoms with E-state index in [1.807, 2.05) is 18.2 Å². The van der Waals surface area contributed by atoms with E-state index < -0.39 is 0 Å². The number of benzene rings is 1.